The molecule has 0 saturated carbocycles. The molecule has 0 amide bonds. The third-order valence-corrected chi connectivity index (χ3v) is 2.52. The Balaban J connectivity index is 0.000000711. The molecule has 0 fully saturated rings. The maximum absolute atomic E-state index is 2.35. The van der Waals surface area contributed by atoms with Crippen molar-refractivity contribution in [1.82, 2.24) is 4.90 Å². The first-order valence-electron chi connectivity index (χ1n) is 5.79. The minimum Gasteiger partial charge on any atom is -0.371 e. The molecule has 1 nitrogen and oxygen atoms in total. The zero-order valence-corrected chi connectivity index (χ0v) is 13.6. The predicted octanol–water partition coefficient (Wildman–Crippen LogP) is 3.91. The average molecular weight is 292 g/mol. The minimum atomic E-state index is 0. The van der Waals surface area contributed by atoms with Gasteiger partial charge in [0.1, 0.15) is 0 Å². The van der Waals surface area contributed by atoms with E-state index in [2.05, 4.69) is 55.3 Å². The molecule has 0 atom stereocenters. The second-order valence-corrected chi connectivity index (χ2v) is 3.78. The molecule has 0 aliphatic carbocycles. The molecule has 0 unspecified atom stereocenters. The van der Waals surface area contributed by atoms with Gasteiger partial charge in [-0.25, -0.2) is 0 Å². The molecule has 16 heavy (non-hydrogen) atoms. The first kappa shape index (κ1) is 15.9. The fourth-order valence-corrected chi connectivity index (χ4v) is 1.62. The fraction of sp³-hybridized carbons (Fsp3) is 0.429. The number of nitrogens with zero attached hydrogens (tertiary/aromatic N) is 1. The smallest absolute Gasteiger partial charge is 0.0432 e. The number of hydrogen-bond acceptors (Lipinski definition) is 1. The number of rotatable bonds is 1. The molecule has 1 aromatic carbocycles. The summed E-state index contributed by atoms with van der Waals surface area (Å²) in [6, 6.07) is 9.16. The van der Waals surface area contributed by atoms with E-state index in [1.54, 1.807) is 0 Å². The van der Waals surface area contributed by atoms with Crippen molar-refractivity contribution in [3.8, 4) is 0 Å². The van der Waals surface area contributed by atoms with Crippen molar-refractivity contribution in [3.05, 3.63) is 41.6 Å². The normalized spacial score (nSPS) is 12.4. The van der Waals surface area contributed by atoms with Crippen molar-refractivity contribution in [2.24, 2.45) is 0 Å². The Morgan fingerprint density at radius 2 is 1.75 bits per heavy atom. The van der Waals surface area contributed by atoms with Gasteiger partial charge in [-0.3, -0.25) is 0 Å². The van der Waals surface area contributed by atoms with Crippen molar-refractivity contribution >= 4 is 6.08 Å². The summed E-state index contributed by atoms with van der Waals surface area (Å²) in [5.41, 5.74) is 2.79. The third-order valence-electron chi connectivity index (χ3n) is 2.52. The molecule has 1 heterocycles. The van der Waals surface area contributed by atoms with Crippen LogP contribution in [0.1, 0.15) is 38.8 Å². The van der Waals surface area contributed by atoms with Crippen LogP contribution in [0.2, 0.25) is 0 Å². The zero-order valence-electron chi connectivity index (χ0n) is 10.8. The summed E-state index contributed by atoms with van der Waals surface area (Å²) in [5, 5.41) is 0. The van der Waals surface area contributed by atoms with Gasteiger partial charge >= 0.3 is 0 Å². The Hall–Kier alpha value is -0.136. The van der Waals surface area contributed by atoms with Gasteiger partial charge in [-0.1, -0.05) is 38.1 Å². The third kappa shape index (κ3) is 4.03. The van der Waals surface area contributed by atoms with E-state index in [0.29, 0.717) is 6.04 Å². The van der Waals surface area contributed by atoms with E-state index in [1.165, 1.54) is 11.1 Å². The van der Waals surface area contributed by atoms with Crippen LogP contribution in [0.15, 0.2) is 30.5 Å². The van der Waals surface area contributed by atoms with Crippen molar-refractivity contribution < 1.29 is 32.7 Å². The SMILES string of the molecule is CC.CC(C)N1C=Cc2ccccc2C1.[Y]. The molecule has 1 aliphatic heterocycles. The number of hydrogen-bond donors (Lipinski definition) is 0. The average Bonchev–Trinajstić information content (AvgIpc) is 2.31. The largest absolute Gasteiger partial charge is 0.371 e. The van der Waals surface area contributed by atoms with E-state index < -0.39 is 0 Å². The van der Waals surface area contributed by atoms with Crippen molar-refractivity contribution in [1.29, 1.82) is 0 Å². The summed E-state index contributed by atoms with van der Waals surface area (Å²) in [6.45, 7) is 9.49. The standard InChI is InChI=1S/C12H15N.C2H6.Y/c1-10(2)13-8-7-11-5-3-4-6-12(11)9-13;1-2;/h3-8,10H,9H2,1-2H3;1-2H3;. The predicted molar refractivity (Wildman–Crippen MR) is 67.5 cm³/mol. The maximum atomic E-state index is 2.35. The molecular formula is C14H21NY. The Morgan fingerprint density at radius 1 is 1.12 bits per heavy atom. The van der Waals surface area contributed by atoms with Crippen LogP contribution in [-0.4, -0.2) is 10.9 Å². The first-order valence-corrected chi connectivity index (χ1v) is 5.79. The van der Waals surface area contributed by atoms with Crippen LogP contribution in [-0.2, 0) is 39.3 Å². The van der Waals surface area contributed by atoms with Crippen LogP contribution in [0.5, 0.6) is 0 Å². The van der Waals surface area contributed by atoms with Gasteiger partial charge in [0.25, 0.3) is 0 Å². The Kier molecular flexibility index (Phi) is 7.96. The minimum absolute atomic E-state index is 0. The topological polar surface area (TPSA) is 3.24 Å². The van der Waals surface area contributed by atoms with Gasteiger partial charge in [0.15, 0.2) is 0 Å². The number of benzene rings is 1. The van der Waals surface area contributed by atoms with Crippen LogP contribution < -0.4 is 0 Å². The molecule has 0 saturated heterocycles. The molecule has 2 heteroatoms. The van der Waals surface area contributed by atoms with Crippen LogP contribution in [0.4, 0.5) is 0 Å². The van der Waals surface area contributed by atoms with Crippen molar-refractivity contribution in [2.75, 3.05) is 0 Å². The molecule has 0 aromatic heterocycles. The van der Waals surface area contributed by atoms with E-state index >= 15 is 0 Å². The molecule has 1 radical (unpaired) electrons. The Bertz CT molecular complexity index is 331. The van der Waals surface area contributed by atoms with Crippen LogP contribution >= 0.6 is 0 Å². The van der Waals surface area contributed by atoms with Gasteiger partial charge in [-0.05, 0) is 31.1 Å². The van der Waals surface area contributed by atoms with Gasteiger partial charge in [0.2, 0.25) is 0 Å². The molecule has 85 valence electrons. The Morgan fingerprint density at radius 3 is 2.38 bits per heavy atom. The van der Waals surface area contributed by atoms with Gasteiger partial charge in [-0.15, -0.1) is 0 Å². The molecule has 0 bridgehead atoms. The van der Waals surface area contributed by atoms with E-state index in [0.717, 1.165) is 6.54 Å². The summed E-state index contributed by atoms with van der Waals surface area (Å²) in [4.78, 5) is 2.35. The summed E-state index contributed by atoms with van der Waals surface area (Å²) >= 11 is 0. The van der Waals surface area contributed by atoms with E-state index in [1.807, 2.05) is 13.8 Å². The summed E-state index contributed by atoms with van der Waals surface area (Å²) in [7, 11) is 0. The van der Waals surface area contributed by atoms with Crippen LogP contribution in [0.3, 0.4) is 0 Å². The summed E-state index contributed by atoms with van der Waals surface area (Å²) in [5.74, 6) is 0. The van der Waals surface area contributed by atoms with Crippen molar-refractivity contribution in [2.45, 2.75) is 40.3 Å². The second-order valence-electron chi connectivity index (χ2n) is 3.78. The molecule has 2 rings (SSSR count). The van der Waals surface area contributed by atoms with E-state index in [-0.39, 0.29) is 32.7 Å². The van der Waals surface area contributed by atoms with Gasteiger partial charge in [0.05, 0.1) is 0 Å². The fourth-order valence-electron chi connectivity index (χ4n) is 1.62. The van der Waals surface area contributed by atoms with Gasteiger partial charge in [-0.2, -0.15) is 0 Å². The van der Waals surface area contributed by atoms with Gasteiger partial charge in [0, 0.05) is 51.5 Å². The van der Waals surface area contributed by atoms with Crippen molar-refractivity contribution in [3.63, 3.8) is 0 Å². The quantitative estimate of drug-likeness (QED) is 0.758. The Labute approximate surface area is 125 Å². The van der Waals surface area contributed by atoms with E-state index in [4.69, 9.17) is 0 Å². The molecule has 1 aliphatic rings. The molecule has 0 N–H and O–H groups in total. The summed E-state index contributed by atoms with van der Waals surface area (Å²) < 4.78 is 0. The zero-order chi connectivity index (χ0) is 11.3. The number of fused-ring (bicyclic) bond motifs is 1. The molecule has 0 spiro atoms. The van der Waals surface area contributed by atoms with Gasteiger partial charge < -0.3 is 4.90 Å². The summed E-state index contributed by atoms with van der Waals surface area (Å²) in [6.07, 6.45) is 4.38. The second kappa shape index (κ2) is 8.03. The maximum Gasteiger partial charge on any atom is 0.0432 e. The van der Waals surface area contributed by atoms with Crippen LogP contribution in [0, 0.1) is 0 Å². The monoisotopic (exact) mass is 292 g/mol. The molecule has 1 aromatic rings. The van der Waals surface area contributed by atoms with E-state index in [9.17, 15) is 0 Å². The van der Waals surface area contributed by atoms with Crippen LogP contribution in [0.25, 0.3) is 6.08 Å². The molecular weight excluding hydrogens is 271 g/mol. The first-order chi connectivity index (χ1) is 7.27.